The van der Waals surface area contributed by atoms with E-state index in [1.54, 1.807) is 6.20 Å². The Bertz CT molecular complexity index is 893. The highest BCUT2D eigenvalue weighted by molar-refractivity contribution is 5.83. The van der Waals surface area contributed by atoms with E-state index < -0.39 is 0 Å². The first-order valence-corrected chi connectivity index (χ1v) is 9.07. The van der Waals surface area contributed by atoms with Crippen LogP contribution in [0.5, 0.6) is 0 Å². The van der Waals surface area contributed by atoms with Crippen molar-refractivity contribution in [3.05, 3.63) is 18.0 Å². The minimum Gasteiger partial charge on any atom is -0.379 e. The van der Waals surface area contributed by atoms with Gasteiger partial charge in [-0.25, -0.2) is 9.61 Å². The van der Waals surface area contributed by atoms with Crippen molar-refractivity contribution in [2.45, 2.75) is 26.9 Å². The predicted octanol–water partition coefficient (Wildman–Crippen LogP) is 1.22. The van der Waals surface area contributed by atoms with Crippen LogP contribution < -0.4 is 5.73 Å². The van der Waals surface area contributed by atoms with Crippen molar-refractivity contribution in [1.29, 1.82) is 0 Å². The average molecular weight is 356 g/mol. The van der Waals surface area contributed by atoms with E-state index in [9.17, 15) is 0 Å². The Morgan fingerprint density at radius 1 is 1.04 bits per heavy atom. The third-order valence-electron chi connectivity index (χ3n) is 5.07. The van der Waals surface area contributed by atoms with Crippen molar-refractivity contribution in [1.82, 2.24) is 34.6 Å². The van der Waals surface area contributed by atoms with Gasteiger partial charge in [0.05, 0.1) is 11.7 Å². The van der Waals surface area contributed by atoms with Gasteiger partial charge >= 0.3 is 0 Å². The predicted molar refractivity (Wildman–Crippen MR) is 98.3 cm³/mol. The summed E-state index contributed by atoms with van der Waals surface area (Å²) < 4.78 is 6.88. The molecule has 0 atom stereocenters. The number of anilines is 1. The van der Waals surface area contributed by atoms with Crippen molar-refractivity contribution in [2.75, 3.05) is 38.5 Å². The number of pyridine rings is 1. The Hall–Kier alpha value is -2.52. The van der Waals surface area contributed by atoms with Gasteiger partial charge in [-0.2, -0.15) is 0 Å². The molecule has 3 aromatic rings. The molecular weight excluding hydrogens is 332 g/mol. The Kier molecular flexibility index (Phi) is 4.56. The quantitative estimate of drug-likeness (QED) is 0.728. The van der Waals surface area contributed by atoms with Crippen LogP contribution >= 0.6 is 0 Å². The van der Waals surface area contributed by atoms with Gasteiger partial charge in [0.25, 0.3) is 0 Å². The maximum atomic E-state index is 5.88. The van der Waals surface area contributed by atoms with Crippen molar-refractivity contribution < 1.29 is 4.63 Å². The molecule has 1 fully saturated rings. The standard InChI is InChI=1S/C17H24N8O/c1-3-23-5-7-24(8-6-23)11-12-9-19-10-13-15(12)25(4-2)17(20-13)14-16(18)22-26-21-14/h9-10H,3-8,11H2,1-2H3,(H2,18,22). The summed E-state index contributed by atoms with van der Waals surface area (Å²) in [5.74, 6) is 0.923. The zero-order chi connectivity index (χ0) is 18.1. The van der Waals surface area contributed by atoms with E-state index in [0.717, 1.165) is 56.8 Å². The molecule has 1 saturated heterocycles. The SMILES string of the molecule is CCN1CCN(Cc2cncc3nc(-c4nonc4N)n(CC)c23)CC1. The molecule has 0 aromatic carbocycles. The Morgan fingerprint density at radius 2 is 1.81 bits per heavy atom. The van der Waals surface area contributed by atoms with Gasteiger partial charge in [0.1, 0.15) is 5.52 Å². The highest BCUT2D eigenvalue weighted by Gasteiger charge is 2.22. The third kappa shape index (κ3) is 2.93. The van der Waals surface area contributed by atoms with Gasteiger partial charge in [0, 0.05) is 51.0 Å². The maximum Gasteiger partial charge on any atom is 0.199 e. The smallest absolute Gasteiger partial charge is 0.199 e. The van der Waals surface area contributed by atoms with Crippen LogP contribution in [0.2, 0.25) is 0 Å². The van der Waals surface area contributed by atoms with Gasteiger partial charge < -0.3 is 15.2 Å². The Morgan fingerprint density at radius 3 is 2.46 bits per heavy atom. The summed E-state index contributed by atoms with van der Waals surface area (Å²) in [6.45, 7) is 11.4. The third-order valence-corrected chi connectivity index (χ3v) is 5.07. The zero-order valence-electron chi connectivity index (χ0n) is 15.2. The summed E-state index contributed by atoms with van der Waals surface area (Å²) in [4.78, 5) is 14.0. The van der Waals surface area contributed by atoms with E-state index in [4.69, 9.17) is 15.3 Å². The fraction of sp³-hybridized carbons (Fsp3) is 0.529. The molecule has 0 unspecified atom stereocenters. The van der Waals surface area contributed by atoms with Crippen LogP contribution in [0.15, 0.2) is 17.0 Å². The molecule has 4 heterocycles. The molecule has 0 aliphatic carbocycles. The van der Waals surface area contributed by atoms with Crippen molar-refractivity contribution in [2.24, 2.45) is 0 Å². The summed E-state index contributed by atoms with van der Waals surface area (Å²) >= 11 is 0. The monoisotopic (exact) mass is 356 g/mol. The van der Waals surface area contributed by atoms with Crippen LogP contribution in [-0.2, 0) is 13.1 Å². The number of nitrogen functional groups attached to an aromatic ring is 1. The molecule has 2 N–H and O–H groups in total. The number of piperazine rings is 1. The molecule has 0 amide bonds. The second kappa shape index (κ2) is 7.00. The normalized spacial score (nSPS) is 16.5. The lowest BCUT2D eigenvalue weighted by molar-refractivity contribution is 0.132. The maximum absolute atomic E-state index is 5.88. The van der Waals surface area contributed by atoms with E-state index in [0.29, 0.717) is 11.5 Å². The van der Waals surface area contributed by atoms with Crippen LogP contribution in [0, 0.1) is 0 Å². The second-order valence-electron chi connectivity index (χ2n) is 6.55. The number of hydrogen-bond donors (Lipinski definition) is 1. The molecule has 9 heteroatoms. The second-order valence-corrected chi connectivity index (χ2v) is 6.55. The Balaban J connectivity index is 1.70. The fourth-order valence-corrected chi connectivity index (χ4v) is 3.62. The molecule has 138 valence electrons. The highest BCUT2D eigenvalue weighted by Crippen LogP contribution is 2.28. The van der Waals surface area contributed by atoms with Crippen LogP contribution in [-0.4, -0.2) is 67.4 Å². The number of imidazole rings is 1. The van der Waals surface area contributed by atoms with Crippen molar-refractivity contribution in [3.63, 3.8) is 0 Å². The van der Waals surface area contributed by atoms with Gasteiger partial charge in [0.15, 0.2) is 17.3 Å². The van der Waals surface area contributed by atoms with Crippen LogP contribution in [0.4, 0.5) is 5.82 Å². The summed E-state index contributed by atoms with van der Waals surface area (Å²) in [6, 6.07) is 0. The summed E-state index contributed by atoms with van der Waals surface area (Å²) in [5.41, 5.74) is 9.45. The van der Waals surface area contributed by atoms with Gasteiger partial charge in [0.2, 0.25) is 0 Å². The number of fused-ring (bicyclic) bond motifs is 1. The molecule has 9 nitrogen and oxygen atoms in total. The lowest BCUT2D eigenvalue weighted by Gasteiger charge is -2.34. The zero-order valence-corrected chi connectivity index (χ0v) is 15.2. The van der Waals surface area contributed by atoms with Gasteiger partial charge in [-0.15, -0.1) is 0 Å². The van der Waals surface area contributed by atoms with Crippen molar-refractivity contribution in [3.8, 4) is 11.5 Å². The molecule has 0 radical (unpaired) electrons. The number of nitrogens with zero attached hydrogens (tertiary/aromatic N) is 7. The van der Waals surface area contributed by atoms with Crippen LogP contribution in [0.3, 0.4) is 0 Å². The fourth-order valence-electron chi connectivity index (χ4n) is 3.62. The van der Waals surface area contributed by atoms with Crippen molar-refractivity contribution >= 4 is 16.9 Å². The molecule has 0 spiro atoms. The van der Waals surface area contributed by atoms with Gasteiger partial charge in [-0.05, 0) is 23.8 Å². The molecule has 1 aliphatic heterocycles. The van der Waals surface area contributed by atoms with E-state index >= 15 is 0 Å². The van der Waals surface area contributed by atoms with E-state index in [1.807, 2.05) is 6.20 Å². The number of aryl methyl sites for hydroxylation is 1. The first-order valence-electron chi connectivity index (χ1n) is 9.07. The number of likely N-dealkylation sites (N-methyl/N-ethyl adjacent to an activating group) is 1. The largest absolute Gasteiger partial charge is 0.379 e. The minimum atomic E-state index is 0.250. The van der Waals surface area contributed by atoms with Crippen LogP contribution in [0.1, 0.15) is 19.4 Å². The number of rotatable bonds is 5. The molecule has 1 aliphatic rings. The number of hydrogen-bond acceptors (Lipinski definition) is 8. The minimum absolute atomic E-state index is 0.250. The van der Waals surface area contributed by atoms with E-state index in [1.165, 1.54) is 5.56 Å². The Labute approximate surface area is 151 Å². The molecule has 3 aromatic heterocycles. The lowest BCUT2D eigenvalue weighted by Crippen LogP contribution is -2.45. The first-order chi connectivity index (χ1) is 12.7. The van der Waals surface area contributed by atoms with Gasteiger partial charge in [-0.3, -0.25) is 9.88 Å². The molecule has 4 rings (SSSR count). The molecule has 0 bridgehead atoms. The van der Waals surface area contributed by atoms with E-state index in [-0.39, 0.29) is 5.82 Å². The molecule has 0 saturated carbocycles. The topological polar surface area (TPSA) is 102 Å². The van der Waals surface area contributed by atoms with Crippen LogP contribution in [0.25, 0.3) is 22.6 Å². The van der Waals surface area contributed by atoms with Gasteiger partial charge in [-0.1, -0.05) is 6.92 Å². The number of aromatic nitrogens is 5. The summed E-state index contributed by atoms with van der Waals surface area (Å²) in [5, 5.41) is 7.60. The molecular formula is C17H24N8O. The summed E-state index contributed by atoms with van der Waals surface area (Å²) in [7, 11) is 0. The molecule has 26 heavy (non-hydrogen) atoms. The average Bonchev–Trinajstić information content (AvgIpc) is 3.25. The number of nitrogens with two attached hydrogens (primary N) is 1. The van der Waals surface area contributed by atoms with E-state index in [2.05, 4.69) is 43.5 Å². The lowest BCUT2D eigenvalue weighted by atomic mass is 10.2. The highest BCUT2D eigenvalue weighted by atomic mass is 16.6. The summed E-state index contributed by atoms with van der Waals surface area (Å²) in [6.07, 6.45) is 3.73. The first kappa shape index (κ1) is 16.9.